The summed E-state index contributed by atoms with van der Waals surface area (Å²) in [5, 5.41) is 0. The smallest absolute Gasteiger partial charge is 0.116 e. The molecule has 1 radical (unpaired) electrons. The first-order valence-electron chi connectivity index (χ1n) is 4.65. The molecule has 2 heterocycles. The third-order valence-corrected chi connectivity index (χ3v) is 2.67. The van der Waals surface area contributed by atoms with Crippen molar-refractivity contribution < 1.29 is 9.13 Å². The molecule has 0 aromatic heterocycles. The average Bonchev–Trinajstić information content (AvgIpc) is 2.56. The molecule has 2 aliphatic rings. The number of halogens is 1. The standard InChI is InChI=1S/C9H15FNO/c10-8-2-1-4-11(6-8)9-3-5-12-7-9/h2,8-9H,1,3-7H2/t8-,9+/m0/s1. The zero-order chi connectivity index (χ0) is 8.39. The van der Waals surface area contributed by atoms with Gasteiger partial charge in [0.05, 0.1) is 6.61 Å². The summed E-state index contributed by atoms with van der Waals surface area (Å²) in [5.41, 5.74) is 0. The summed E-state index contributed by atoms with van der Waals surface area (Å²) in [6.07, 6.45) is 3.01. The van der Waals surface area contributed by atoms with Crippen molar-refractivity contribution in [3.05, 3.63) is 6.42 Å². The van der Waals surface area contributed by atoms with E-state index in [-0.39, 0.29) is 0 Å². The number of alkyl halides is 1. The molecule has 69 valence electrons. The number of piperidine rings is 1. The van der Waals surface area contributed by atoms with Gasteiger partial charge in [0.25, 0.3) is 0 Å². The second-order valence-corrected chi connectivity index (χ2v) is 3.55. The highest BCUT2D eigenvalue weighted by atomic mass is 19.1. The lowest BCUT2D eigenvalue weighted by Gasteiger charge is -2.32. The van der Waals surface area contributed by atoms with Crippen molar-refractivity contribution in [1.29, 1.82) is 0 Å². The molecular weight excluding hydrogens is 157 g/mol. The molecule has 2 aliphatic heterocycles. The van der Waals surface area contributed by atoms with Crippen LogP contribution in [0.1, 0.15) is 12.8 Å². The Balaban J connectivity index is 1.85. The summed E-state index contributed by atoms with van der Waals surface area (Å²) in [6, 6.07) is 0.483. The maximum absolute atomic E-state index is 12.9. The number of ether oxygens (including phenoxy) is 1. The van der Waals surface area contributed by atoms with Crippen LogP contribution >= 0.6 is 0 Å². The first-order valence-corrected chi connectivity index (χ1v) is 4.65. The lowest BCUT2D eigenvalue weighted by atomic mass is 10.1. The third kappa shape index (κ3) is 1.77. The molecule has 2 fully saturated rings. The van der Waals surface area contributed by atoms with E-state index >= 15 is 0 Å². The van der Waals surface area contributed by atoms with Crippen LogP contribution in [0.5, 0.6) is 0 Å². The maximum Gasteiger partial charge on any atom is 0.116 e. The highest BCUT2D eigenvalue weighted by molar-refractivity contribution is 4.89. The molecule has 0 aromatic rings. The van der Waals surface area contributed by atoms with Gasteiger partial charge < -0.3 is 4.74 Å². The Hall–Kier alpha value is -0.150. The van der Waals surface area contributed by atoms with Crippen LogP contribution in [0.2, 0.25) is 0 Å². The van der Waals surface area contributed by atoms with Crippen molar-refractivity contribution in [2.24, 2.45) is 0 Å². The van der Waals surface area contributed by atoms with Gasteiger partial charge in [-0.25, -0.2) is 4.39 Å². The van der Waals surface area contributed by atoms with E-state index < -0.39 is 6.17 Å². The molecule has 3 heteroatoms. The molecule has 0 unspecified atom stereocenters. The molecule has 0 spiro atoms. The molecule has 2 saturated heterocycles. The van der Waals surface area contributed by atoms with Crippen molar-refractivity contribution >= 4 is 0 Å². The topological polar surface area (TPSA) is 12.5 Å². The summed E-state index contributed by atoms with van der Waals surface area (Å²) < 4.78 is 18.2. The van der Waals surface area contributed by atoms with E-state index in [1.165, 1.54) is 0 Å². The molecule has 0 bridgehead atoms. The molecule has 2 atom stereocenters. The fourth-order valence-electron chi connectivity index (χ4n) is 1.95. The van der Waals surface area contributed by atoms with Crippen molar-refractivity contribution in [2.45, 2.75) is 25.1 Å². The van der Waals surface area contributed by atoms with E-state index in [0.29, 0.717) is 12.6 Å². The molecule has 12 heavy (non-hydrogen) atoms. The van der Waals surface area contributed by atoms with Gasteiger partial charge in [0.2, 0.25) is 0 Å². The fourth-order valence-corrected chi connectivity index (χ4v) is 1.95. The Kier molecular flexibility index (Phi) is 2.61. The first kappa shape index (κ1) is 8.45. The van der Waals surface area contributed by atoms with Gasteiger partial charge in [-0.3, -0.25) is 4.90 Å². The van der Waals surface area contributed by atoms with Crippen LogP contribution in [0, 0.1) is 6.42 Å². The van der Waals surface area contributed by atoms with Crippen LogP contribution in [-0.2, 0) is 4.74 Å². The Labute approximate surface area is 72.7 Å². The van der Waals surface area contributed by atoms with Crippen LogP contribution in [0.25, 0.3) is 0 Å². The van der Waals surface area contributed by atoms with Crippen LogP contribution < -0.4 is 0 Å². The molecule has 2 nitrogen and oxygen atoms in total. The number of likely N-dealkylation sites (tertiary alicyclic amines) is 1. The molecule has 0 amide bonds. The quantitative estimate of drug-likeness (QED) is 0.585. The van der Waals surface area contributed by atoms with E-state index in [1.807, 2.05) is 0 Å². The number of hydrogen-bond acceptors (Lipinski definition) is 2. The molecule has 0 aliphatic carbocycles. The van der Waals surface area contributed by atoms with Crippen LogP contribution in [-0.4, -0.2) is 43.4 Å². The minimum Gasteiger partial charge on any atom is -0.380 e. The van der Waals surface area contributed by atoms with Gasteiger partial charge in [-0.1, -0.05) is 0 Å². The van der Waals surface area contributed by atoms with Gasteiger partial charge in [0.1, 0.15) is 6.17 Å². The normalized spacial score (nSPS) is 38.8. The Morgan fingerprint density at radius 2 is 2.42 bits per heavy atom. The second kappa shape index (κ2) is 3.71. The highest BCUT2D eigenvalue weighted by Crippen LogP contribution is 2.19. The SMILES string of the molecule is F[C@H]1[CH]CCN([C@@H]2CCOC2)C1. The van der Waals surface area contributed by atoms with Crippen LogP contribution in [0.3, 0.4) is 0 Å². The minimum absolute atomic E-state index is 0.483. The molecule has 0 N–H and O–H groups in total. The van der Waals surface area contributed by atoms with Gasteiger partial charge in [-0.2, -0.15) is 0 Å². The third-order valence-electron chi connectivity index (χ3n) is 2.67. The summed E-state index contributed by atoms with van der Waals surface area (Å²) >= 11 is 0. The van der Waals surface area contributed by atoms with Gasteiger partial charge in [-0.15, -0.1) is 0 Å². The summed E-state index contributed by atoms with van der Waals surface area (Å²) in [5.74, 6) is 0. The van der Waals surface area contributed by atoms with E-state index in [0.717, 1.165) is 32.6 Å². The van der Waals surface area contributed by atoms with Crippen LogP contribution in [0.15, 0.2) is 0 Å². The van der Waals surface area contributed by atoms with Crippen LogP contribution in [0.4, 0.5) is 4.39 Å². The minimum atomic E-state index is -0.723. The lowest BCUT2D eigenvalue weighted by molar-refractivity contribution is 0.108. The van der Waals surface area contributed by atoms with Crippen molar-refractivity contribution in [1.82, 2.24) is 4.90 Å². The summed E-state index contributed by atoms with van der Waals surface area (Å²) in [6.45, 7) is 3.23. The maximum atomic E-state index is 12.9. The largest absolute Gasteiger partial charge is 0.380 e. The number of rotatable bonds is 1. The van der Waals surface area contributed by atoms with E-state index in [1.54, 1.807) is 6.42 Å². The Bertz CT molecular complexity index is 147. The Morgan fingerprint density at radius 3 is 3.08 bits per heavy atom. The fraction of sp³-hybridized carbons (Fsp3) is 0.889. The Morgan fingerprint density at radius 1 is 1.50 bits per heavy atom. The summed E-state index contributed by atoms with van der Waals surface area (Å²) in [7, 11) is 0. The molecule has 0 saturated carbocycles. The van der Waals surface area contributed by atoms with Crippen molar-refractivity contribution in [3.8, 4) is 0 Å². The van der Waals surface area contributed by atoms with E-state index in [9.17, 15) is 4.39 Å². The molecular formula is C9H15FNO. The molecule has 2 rings (SSSR count). The van der Waals surface area contributed by atoms with Gasteiger partial charge in [0, 0.05) is 19.2 Å². The zero-order valence-electron chi connectivity index (χ0n) is 7.21. The lowest BCUT2D eigenvalue weighted by Crippen LogP contribution is -2.43. The molecule has 0 aromatic carbocycles. The van der Waals surface area contributed by atoms with Crippen molar-refractivity contribution in [2.75, 3.05) is 26.3 Å². The van der Waals surface area contributed by atoms with Gasteiger partial charge >= 0.3 is 0 Å². The number of hydrogen-bond donors (Lipinski definition) is 0. The number of nitrogens with zero attached hydrogens (tertiary/aromatic N) is 1. The summed E-state index contributed by atoms with van der Waals surface area (Å²) in [4.78, 5) is 2.22. The monoisotopic (exact) mass is 172 g/mol. The predicted octanol–water partition coefficient (Wildman–Crippen LogP) is 1.02. The van der Waals surface area contributed by atoms with Gasteiger partial charge in [-0.05, 0) is 25.8 Å². The van der Waals surface area contributed by atoms with E-state index in [4.69, 9.17) is 4.74 Å². The average molecular weight is 172 g/mol. The predicted molar refractivity (Wildman–Crippen MR) is 44.6 cm³/mol. The van der Waals surface area contributed by atoms with Crippen molar-refractivity contribution in [3.63, 3.8) is 0 Å². The zero-order valence-corrected chi connectivity index (χ0v) is 7.21. The second-order valence-electron chi connectivity index (χ2n) is 3.55. The van der Waals surface area contributed by atoms with E-state index in [2.05, 4.69) is 4.90 Å². The first-order chi connectivity index (χ1) is 5.86. The highest BCUT2D eigenvalue weighted by Gasteiger charge is 2.28. The van der Waals surface area contributed by atoms with Gasteiger partial charge in [0.15, 0.2) is 0 Å².